The lowest BCUT2D eigenvalue weighted by Crippen LogP contribution is -2.40. The van der Waals surface area contributed by atoms with Crippen LogP contribution in [-0.2, 0) is 9.59 Å². The lowest BCUT2D eigenvalue weighted by molar-refractivity contribution is -0.136. The smallest absolute Gasteiger partial charge is 0.313 e. The quantitative estimate of drug-likeness (QED) is 0.782. The van der Waals surface area contributed by atoms with Gasteiger partial charge >= 0.3 is 11.8 Å². The van der Waals surface area contributed by atoms with Crippen LogP contribution in [0, 0.1) is 6.92 Å². The average Bonchev–Trinajstić information content (AvgIpc) is 3.09. The van der Waals surface area contributed by atoms with Gasteiger partial charge in [0.1, 0.15) is 11.5 Å². The number of carbonyl (C=O) groups is 2. The Morgan fingerprint density at radius 1 is 1.24 bits per heavy atom. The van der Waals surface area contributed by atoms with Crippen molar-refractivity contribution in [1.82, 2.24) is 10.2 Å². The van der Waals surface area contributed by atoms with Crippen LogP contribution in [0.25, 0.3) is 0 Å². The molecule has 7 nitrogen and oxygen atoms in total. The molecule has 0 saturated carbocycles. The number of ether oxygens (including phenoxy) is 1. The molecule has 1 atom stereocenters. The largest absolute Gasteiger partial charge is 0.495 e. The van der Waals surface area contributed by atoms with Crippen molar-refractivity contribution in [2.24, 2.45) is 0 Å². The summed E-state index contributed by atoms with van der Waals surface area (Å²) in [7, 11) is 5.25. The highest BCUT2D eigenvalue weighted by Crippen LogP contribution is 2.25. The van der Waals surface area contributed by atoms with Crippen LogP contribution in [0.15, 0.2) is 41.0 Å². The molecule has 0 aliphatic heterocycles. The molecular formula is C18H23N3O4. The summed E-state index contributed by atoms with van der Waals surface area (Å²) < 4.78 is 10.6. The second-order valence-electron chi connectivity index (χ2n) is 5.86. The third-order valence-corrected chi connectivity index (χ3v) is 3.76. The van der Waals surface area contributed by atoms with Gasteiger partial charge in [-0.05, 0) is 50.8 Å². The molecule has 0 saturated heterocycles. The Morgan fingerprint density at radius 2 is 2.00 bits per heavy atom. The van der Waals surface area contributed by atoms with E-state index in [4.69, 9.17) is 9.15 Å². The van der Waals surface area contributed by atoms with Gasteiger partial charge in [0.2, 0.25) is 0 Å². The van der Waals surface area contributed by atoms with Crippen molar-refractivity contribution >= 4 is 17.5 Å². The average molecular weight is 345 g/mol. The second-order valence-corrected chi connectivity index (χ2v) is 5.86. The van der Waals surface area contributed by atoms with Gasteiger partial charge in [-0.25, -0.2) is 0 Å². The number of rotatable bonds is 6. The number of anilines is 1. The summed E-state index contributed by atoms with van der Waals surface area (Å²) in [5, 5.41) is 5.21. The first-order valence-corrected chi connectivity index (χ1v) is 7.86. The van der Waals surface area contributed by atoms with Crippen LogP contribution in [0.2, 0.25) is 0 Å². The van der Waals surface area contributed by atoms with Crippen LogP contribution in [0.3, 0.4) is 0 Å². The fourth-order valence-electron chi connectivity index (χ4n) is 2.39. The third kappa shape index (κ3) is 4.84. The monoisotopic (exact) mass is 345 g/mol. The van der Waals surface area contributed by atoms with Crippen molar-refractivity contribution in [2.75, 3.05) is 33.1 Å². The maximum Gasteiger partial charge on any atom is 0.313 e. The van der Waals surface area contributed by atoms with Gasteiger partial charge in [0.25, 0.3) is 0 Å². The Labute approximate surface area is 146 Å². The van der Waals surface area contributed by atoms with Crippen LogP contribution in [-0.4, -0.2) is 44.5 Å². The highest BCUT2D eigenvalue weighted by atomic mass is 16.5. The number of methoxy groups -OCH3 is 1. The van der Waals surface area contributed by atoms with Crippen LogP contribution in [0.5, 0.6) is 5.75 Å². The van der Waals surface area contributed by atoms with Crippen LogP contribution >= 0.6 is 0 Å². The minimum atomic E-state index is -0.749. The molecule has 1 heterocycles. The van der Waals surface area contributed by atoms with Crippen molar-refractivity contribution < 1.29 is 18.7 Å². The zero-order valence-electron chi connectivity index (χ0n) is 14.8. The number of amides is 2. The molecule has 0 spiro atoms. The second kappa shape index (κ2) is 8.34. The molecule has 2 aromatic rings. The number of nitrogens with zero attached hydrogens (tertiary/aromatic N) is 1. The van der Waals surface area contributed by atoms with E-state index in [-0.39, 0.29) is 12.6 Å². The minimum absolute atomic E-state index is 0.166. The van der Waals surface area contributed by atoms with Crippen molar-refractivity contribution in [3.05, 3.63) is 47.9 Å². The van der Waals surface area contributed by atoms with E-state index in [0.29, 0.717) is 17.2 Å². The minimum Gasteiger partial charge on any atom is -0.495 e. The highest BCUT2D eigenvalue weighted by molar-refractivity contribution is 6.39. The summed E-state index contributed by atoms with van der Waals surface area (Å²) in [5.41, 5.74) is 1.40. The molecule has 0 fully saturated rings. The molecule has 0 aliphatic rings. The molecule has 1 aromatic heterocycles. The van der Waals surface area contributed by atoms with E-state index < -0.39 is 11.8 Å². The molecular weight excluding hydrogens is 322 g/mol. The van der Waals surface area contributed by atoms with Gasteiger partial charge in [-0.1, -0.05) is 6.07 Å². The van der Waals surface area contributed by atoms with E-state index in [1.807, 2.05) is 38.1 Å². The molecule has 0 aliphatic carbocycles. The molecule has 0 bridgehead atoms. The Kier molecular flexibility index (Phi) is 6.19. The molecule has 1 unspecified atom stereocenters. The first-order valence-electron chi connectivity index (χ1n) is 7.86. The molecule has 2 rings (SSSR count). The van der Waals surface area contributed by atoms with E-state index in [2.05, 4.69) is 10.6 Å². The number of hydrogen-bond acceptors (Lipinski definition) is 5. The van der Waals surface area contributed by atoms with Crippen molar-refractivity contribution in [3.63, 3.8) is 0 Å². The Balaban J connectivity index is 1.98. The number of nitrogens with one attached hydrogen (secondary N) is 2. The summed E-state index contributed by atoms with van der Waals surface area (Å²) in [4.78, 5) is 26.2. The standard InChI is InChI=1S/C18H23N3O4/c1-12-7-8-15(24-4)13(10-12)20-18(23)17(22)19-11-14(21(2)3)16-6-5-9-25-16/h5-10,14H,11H2,1-4H3,(H,19,22)(H,20,23). The molecule has 134 valence electrons. The fraction of sp³-hybridized carbons (Fsp3) is 0.333. The van der Waals surface area contributed by atoms with Crippen LogP contribution < -0.4 is 15.4 Å². The summed E-state index contributed by atoms with van der Waals surface area (Å²) >= 11 is 0. The Hall–Kier alpha value is -2.80. The fourth-order valence-corrected chi connectivity index (χ4v) is 2.39. The predicted octanol–water partition coefficient (Wildman–Crippen LogP) is 1.95. The van der Waals surface area contributed by atoms with E-state index in [0.717, 1.165) is 5.56 Å². The van der Waals surface area contributed by atoms with Crippen molar-refractivity contribution in [2.45, 2.75) is 13.0 Å². The molecule has 25 heavy (non-hydrogen) atoms. The third-order valence-electron chi connectivity index (χ3n) is 3.76. The molecule has 2 N–H and O–H groups in total. The molecule has 2 amide bonds. The molecule has 0 radical (unpaired) electrons. The van der Waals surface area contributed by atoms with Gasteiger partial charge in [0.15, 0.2) is 0 Å². The highest BCUT2D eigenvalue weighted by Gasteiger charge is 2.21. The number of hydrogen-bond donors (Lipinski definition) is 2. The lowest BCUT2D eigenvalue weighted by atomic mass is 10.2. The van der Waals surface area contributed by atoms with E-state index in [1.165, 1.54) is 7.11 Å². The van der Waals surface area contributed by atoms with E-state index >= 15 is 0 Å². The summed E-state index contributed by atoms with van der Waals surface area (Å²) in [6, 6.07) is 8.79. The Bertz CT molecular complexity index is 726. The first-order chi connectivity index (χ1) is 11.9. The van der Waals surface area contributed by atoms with Crippen molar-refractivity contribution in [1.29, 1.82) is 0 Å². The van der Waals surface area contributed by atoms with Crippen LogP contribution in [0.1, 0.15) is 17.4 Å². The zero-order chi connectivity index (χ0) is 18.4. The predicted molar refractivity (Wildman–Crippen MR) is 94.5 cm³/mol. The van der Waals surface area contributed by atoms with Crippen molar-refractivity contribution in [3.8, 4) is 5.75 Å². The van der Waals surface area contributed by atoms with Crippen LogP contribution in [0.4, 0.5) is 5.69 Å². The number of furan rings is 1. The SMILES string of the molecule is COc1ccc(C)cc1NC(=O)C(=O)NCC(c1ccco1)N(C)C. The van der Waals surface area contributed by atoms with Gasteiger partial charge in [-0.15, -0.1) is 0 Å². The Morgan fingerprint density at radius 3 is 2.60 bits per heavy atom. The maximum absolute atomic E-state index is 12.1. The van der Waals surface area contributed by atoms with Gasteiger partial charge in [0.05, 0.1) is 25.1 Å². The molecule has 1 aromatic carbocycles. The van der Waals surface area contributed by atoms with Gasteiger partial charge in [0, 0.05) is 6.54 Å². The molecule has 7 heteroatoms. The number of aryl methyl sites for hydroxylation is 1. The topological polar surface area (TPSA) is 83.8 Å². The van der Waals surface area contributed by atoms with E-state index in [9.17, 15) is 9.59 Å². The summed E-state index contributed by atoms with van der Waals surface area (Å²) in [6.07, 6.45) is 1.57. The number of carbonyl (C=O) groups excluding carboxylic acids is 2. The zero-order valence-corrected chi connectivity index (χ0v) is 14.8. The summed E-state index contributed by atoms with van der Waals surface area (Å²) in [5.74, 6) is -0.262. The van der Waals surface area contributed by atoms with Gasteiger partial charge in [-0.3, -0.25) is 14.5 Å². The number of likely N-dealkylation sites (N-methyl/N-ethyl adjacent to an activating group) is 1. The first kappa shape index (κ1) is 18.5. The van der Waals surface area contributed by atoms with Gasteiger partial charge in [-0.2, -0.15) is 0 Å². The lowest BCUT2D eigenvalue weighted by Gasteiger charge is -2.22. The normalized spacial score (nSPS) is 11.9. The maximum atomic E-state index is 12.1. The van der Waals surface area contributed by atoms with Gasteiger partial charge < -0.3 is 19.8 Å². The summed E-state index contributed by atoms with van der Waals surface area (Å²) in [6.45, 7) is 2.14. The van der Waals surface area contributed by atoms with E-state index in [1.54, 1.807) is 24.5 Å². The number of benzene rings is 1.